The first-order chi connectivity index (χ1) is 9.10. The van der Waals surface area contributed by atoms with Crippen LogP contribution in [0.25, 0.3) is 0 Å². The predicted octanol–water partition coefficient (Wildman–Crippen LogP) is 4.88. The molecule has 2 rings (SSSR count). The number of aryl methyl sites for hydroxylation is 1. The highest BCUT2D eigenvalue weighted by atomic mass is 35.5. The number of rotatable bonds is 4. The molecule has 2 aromatic carbocycles. The van der Waals surface area contributed by atoms with Crippen LogP contribution in [0.5, 0.6) is 11.5 Å². The van der Waals surface area contributed by atoms with E-state index >= 15 is 0 Å². The molecule has 0 spiro atoms. The summed E-state index contributed by atoms with van der Waals surface area (Å²) >= 11 is 11.8. The van der Waals surface area contributed by atoms with Crippen LogP contribution >= 0.6 is 23.2 Å². The van der Waals surface area contributed by atoms with Gasteiger partial charge in [-0.05, 0) is 42.0 Å². The lowest BCUT2D eigenvalue weighted by molar-refractivity contribution is 0.478. The SMILES string of the molecule is Nc1ccc(Oc2ccc(Cl)cc2Cl)cc1CCF. The molecule has 0 saturated carbocycles. The molecule has 0 aliphatic heterocycles. The molecular weight excluding hydrogens is 288 g/mol. The summed E-state index contributed by atoms with van der Waals surface area (Å²) < 4.78 is 18.0. The molecule has 0 saturated heterocycles. The summed E-state index contributed by atoms with van der Waals surface area (Å²) in [4.78, 5) is 0. The van der Waals surface area contributed by atoms with E-state index in [0.29, 0.717) is 32.8 Å². The molecule has 19 heavy (non-hydrogen) atoms. The van der Waals surface area contributed by atoms with E-state index in [1.807, 2.05) is 0 Å². The zero-order valence-corrected chi connectivity index (χ0v) is 11.5. The third kappa shape index (κ3) is 3.52. The minimum absolute atomic E-state index is 0.261. The number of hydrogen-bond donors (Lipinski definition) is 1. The zero-order chi connectivity index (χ0) is 13.8. The lowest BCUT2D eigenvalue weighted by Crippen LogP contribution is -1.96. The van der Waals surface area contributed by atoms with Gasteiger partial charge in [-0.15, -0.1) is 0 Å². The molecule has 2 N–H and O–H groups in total. The topological polar surface area (TPSA) is 35.2 Å². The number of halogens is 3. The fourth-order valence-electron chi connectivity index (χ4n) is 1.65. The monoisotopic (exact) mass is 299 g/mol. The van der Waals surface area contributed by atoms with Crippen molar-refractivity contribution in [1.29, 1.82) is 0 Å². The van der Waals surface area contributed by atoms with Crippen molar-refractivity contribution >= 4 is 28.9 Å². The molecule has 0 amide bonds. The van der Waals surface area contributed by atoms with Crippen molar-refractivity contribution in [3.8, 4) is 11.5 Å². The molecule has 0 aliphatic rings. The summed E-state index contributed by atoms with van der Waals surface area (Å²) in [7, 11) is 0. The summed E-state index contributed by atoms with van der Waals surface area (Å²) in [5, 5.41) is 0.948. The molecule has 0 bridgehead atoms. The Bertz CT molecular complexity index is 590. The zero-order valence-electron chi connectivity index (χ0n) is 10.00. The quantitative estimate of drug-likeness (QED) is 0.817. The fraction of sp³-hybridized carbons (Fsp3) is 0.143. The van der Waals surface area contributed by atoms with Crippen molar-refractivity contribution in [2.75, 3.05) is 12.4 Å². The van der Waals surface area contributed by atoms with Gasteiger partial charge in [-0.25, -0.2) is 0 Å². The minimum atomic E-state index is -0.463. The molecule has 0 heterocycles. The van der Waals surface area contributed by atoms with Crippen molar-refractivity contribution in [2.24, 2.45) is 0 Å². The average Bonchev–Trinajstić information content (AvgIpc) is 2.37. The van der Waals surface area contributed by atoms with Crippen molar-refractivity contribution < 1.29 is 9.13 Å². The molecule has 2 aromatic rings. The first-order valence-electron chi connectivity index (χ1n) is 5.67. The Morgan fingerprint density at radius 2 is 1.89 bits per heavy atom. The van der Waals surface area contributed by atoms with Gasteiger partial charge in [0.05, 0.1) is 11.7 Å². The largest absolute Gasteiger partial charge is 0.456 e. The third-order valence-corrected chi connectivity index (χ3v) is 3.13. The normalized spacial score (nSPS) is 10.5. The van der Waals surface area contributed by atoms with E-state index in [2.05, 4.69) is 0 Å². The number of hydrogen-bond acceptors (Lipinski definition) is 2. The van der Waals surface area contributed by atoms with Crippen LogP contribution in [0.2, 0.25) is 10.0 Å². The lowest BCUT2D eigenvalue weighted by atomic mass is 10.1. The van der Waals surface area contributed by atoms with Crippen LogP contribution in [0, 0.1) is 0 Å². The fourth-order valence-corrected chi connectivity index (χ4v) is 2.10. The minimum Gasteiger partial charge on any atom is -0.456 e. The van der Waals surface area contributed by atoms with Crippen molar-refractivity contribution in [3.63, 3.8) is 0 Å². The maximum absolute atomic E-state index is 12.4. The van der Waals surface area contributed by atoms with E-state index in [4.69, 9.17) is 33.7 Å². The number of alkyl halides is 1. The maximum atomic E-state index is 12.4. The molecule has 100 valence electrons. The summed E-state index contributed by atoms with van der Waals surface area (Å²) in [5.74, 6) is 1.05. The van der Waals surface area contributed by atoms with Crippen molar-refractivity contribution in [2.45, 2.75) is 6.42 Å². The van der Waals surface area contributed by atoms with Crippen molar-refractivity contribution in [1.82, 2.24) is 0 Å². The Morgan fingerprint density at radius 1 is 1.11 bits per heavy atom. The van der Waals surface area contributed by atoms with E-state index in [9.17, 15) is 4.39 Å². The van der Waals surface area contributed by atoms with Crippen LogP contribution in [-0.4, -0.2) is 6.67 Å². The second kappa shape index (κ2) is 6.13. The van der Waals surface area contributed by atoms with Gasteiger partial charge in [-0.1, -0.05) is 23.2 Å². The summed E-state index contributed by atoms with van der Waals surface area (Å²) in [5.41, 5.74) is 7.01. The van der Waals surface area contributed by atoms with Crippen LogP contribution in [0.3, 0.4) is 0 Å². The highest BCUT2D eigenvalue weighted by molar-refractivity contribution is 6.35. The Balaban J connectivity index is 2.25. The van der Waals surface area contributed by atoms with Gasteiger partial charge in [0.15, 0.2) is 0 Å². The number of nitrogens with two attached hydrogens (primary N) is 1. The van der Waals surface area contributed by atoms with E-state index in [1.165, 1.54) is 0 Å². The molecule has 0 radical (unpaired) electrons. The summed E-state index contributed by atoms with van der Waals surface area (Å²) in [6.07, 6.45) is 0.261. The highest BCUT2D eigenvalue weighted by Crippen LogP contribution is 2.32. The molecule has 0 fully saturated rings. The van der Waals surface area contributed by atoms with Crippen molar-refractivity contribution in [3.05, 3.63) is 52.0 Å². The smallest absolute Gasteiger partial charge is 0.146 e. The molecule has 0 atom stereocenters. The van der Waals surface area contributed by atoms with Crippen LogP contribution in [0.1, 0.15) is 5.56 Å². The summed E-state index contributed by atoms with van der Waals surface area (Å²) in [6, 6.07) is 10.1. The van der Waals surface area contributed by atoms with Crippen LogP contribution in [-0.2, 0) is 6.42 Å². The van der Waals surface area contributed by atoms with Gasteiger partial charge in [0, 0.05) is 17.1 Å². The second-order valence-electron chi connectivity index (χ2n) is 3.98. The van der Waals surface area contributed by atoms with Crippen LogP contribution < -0.4 is 10.5 Å². The first-order valence-corrected chi connectivity index (χ1v) is 6.43. The number of nitrogen functional groups attached to an aromatic ring is 1. The second-order valence-corrected chi connectivity index (χ2v) is 4.82. The van der Waals surface area contributed by atoms with Crippen LogP contribution in [0.15, 0.2) is 36.4 Å². The number of anilines is 1. The van der Waals surface area contributed by atoms with Gasteiger partial charge >= 0.3 is 0 Å². The van der Waals surface area contributed by atoms with Gasteiger partial charge in [-0.3, -0.25) is 4.39 Å². The van der Waals surface area contributed by atoms with E-state index < -0.39 is 6.67 Å². The van der Waals surface area contributed by atoms with Gasteiger partial charge < -0.3 is 10.5 Å². The average molecular weight is 300 g/mol. The molecule has 0 aliphatic carbocycles. The van der Waals surface area contributed by atoms with E-state index in [0.717, 1.165) is 0 Å². The van der Waals surface area contributed by atoms with Gasteiger partial charge in [0.25, 0.3) is 0 Å². The van der Waals surface area contributed by atoms with Crippen LogP contribution in [0.4, 0.5) is 10.1 Å². The molecule has 0 aromatic heterocycles. The predicted molar refractivity (Wildman–Crippen MR) is 77.1 cm³/mol. The van der Waals surface area contributed by atoms with E-state index in [-0.39, 0.29) is 6.42 Å². The standard InChI is InChI=1S/C14H12Cl2FNO/c15-10-1-4-14(12(16)8-10)19-11-2-3-13(18)9(7-11)5-6-17/h1-4,7-8H,5-6,18H2. The Kier molecular flexibility index (Phi) is 4.51. The Morgan fingerprint density at radius 3 is 2.58 bits per heavy atom. The molecule has 2 nitrogen and oxygen atoms in total. The third-order valence-electron chi connectivity index (χ3n) is 2.60. The Labute approximate surface area is 120 Å². The van der Waals surface area contributed by atoms with E-state index in [1.54, 1.807) is 36.4 Å². The molecule has 0 unspecified atom stereocenters. The number of benzene rings is 2. The van der Waals surface area contributed by atoms with Gasteiger partial charge in [0.1, 0.15) is 11.5 Å². The van der Waals surface area contributed by atoms with Gasteiger partial charge in [0.2, 0.25) is 0 Å². The summed E-state index contributed by atoms with van der Waals surface area (Å²) in [6.45, 7) is -0.463. The lowest BCUT2D eigenvalue weighted by Gasteiger charge is -2.10. The first kappa shape index (κ1) is 14.0. The highest BCUT2D eigenvalue weighted by Gasteiger charge is 2.06. The molecule has 5 heteroatoms. The molecular formula is C14H12Cl2FNO. The number of ether oxygens (including phenoxy) is 1. The van der Waals surface area contributed by atoms with Gasteiger partial charge in [-0.2, -0.15) is 0 Å². The Hall–Kier alpha value is -1.45. The maximum Gasteiger partial charge on any atom is 0.146 e.